The normalized spacial score (nSPS) is 16.0. The van der Waals surface area contributed by atoms with Crippen molar-refractivity contribution < 1.29 is 14.3 Å². The van der Waals surface area contributed by atoms with Gasteiger partial charge in [-0.05, 0) is 6.07 Å². The largest absolute Gasteiger partial charge is 0.472 e. The number of likely N-dealkylation sites (tertiary alicyclic amines) is 1. The highest BCUT2D eigenvalue weighted by atomic mass is 16.5. The predicted molar refractivity (Wildman–Crippen MR) is 103 cm³/mol. The maximum absolute atomic E-state index is 13.1. The van der Waals surface area contributed by atoms with Gasteiger partial charge < -0.3 is 9.64 Å². The number of ketones is 1. The van der Waals surface area contributed by atoms with E-state index in [9.17, 15) is 9.59 Å². The Morgan fingerprint density at radius 3 is 2.46 bits per heavy atom. The standard InChI is InChI=1S/C22H19N3O3/c26-21(16-6-2-1-3-7-16)18-8-4-5-9-19(18)22(27)25-13-11-17(14-25)28-20-10-12-23-15-24-20/h1-10,12,15,17H,11,13-14H2. The van der Waals surface area contributed by atoms with Crippen molar-refractivity contribution in [2.24, 2.45) is 0 Å². The number of nitrogens with zero attached hydrogens (tertiary/aromatic N) is 3. The molecule has 2 aromatic carbocycles. The Labute approximate surface area is 162 Å². The van der Waals surface area contributed by atoms with E-state index in [1.165, 1.54) is 6.33 Å². The van der Waals surface area contributed by atoms with Crippen molar-refractivity contribution in [2.45, 2.75) is 12.5 Å². The minimum atomic E-state index is -0.159. The molecule has 1 amide bonds. The summed E-state index contributed by atoms with van der Waals surface area (Å²) in [6.07, 6.45) is 3.63. The second-order valence-corrected chi connectivity index (χ2v) is 6.57. The molecular formula is C22H19N3O3. The highest BCUT2D eigenvalue weighted by Gasteiger charge is 2.30. The third-order valence-electron chi connectivity index (χ3n) is 4.71. The number of hydrogen-bond donors (Lipinski definition) is 0. The zero-order valence-corrected chi connectivity index (χ0v) is 15.2. The van der Waals surface area contributed by atoms with E-state index in [1.807, 2.05) is 18.2 Å². The highest BCUT2D eigenvalue weighted by Crippen LogP contribution is 2.21. The van der Waals surface area contributed by atoms with E-state index >= 15 is 0 Å². The third-order valence-corrected chi connectivity index (χ3v) is 4.71. The lowest BCUT2D eigenvalue weighted by molar-refractivity contribution is 0.0767. The van der Waals surface area contributed by atoms with Crippen LogP contribution in [0.5, 0.6) is 5.88 Å². The minimum absolute atomic E-state index is 0.129. The second-order valence-electron chi connectivity index (χ2n) is 6.57. The first-order valence-corrected chi connectivity index (χ1v) is 9.13. The van der Waals surface area contributed by atoms with Gasteiger partial charge >= 0.3 is 0 Å². The number of rotatable bonds is 5. The van der Waals surface area contributed by atoms with Crippen molar-refractivity contribution in [2.75, 3.05) is 13.1 Å². The zero-order valence-electron chi connectivity index (χ0n) is 15.2. The Bertz CT molecular complexity index is 977. The SMILES string of the molecule is O=C(c1ccccc1)c1ccccc1C(=O)N1CCC(Oc2ccncn2)C1. The first-order chi connectivity index (χ1) is 13.7. The fraction of sp³-hybridized carbons (Fsp3) is 0.182. The molecule has 1 unspecified atom stereocenters. The molecule has 0 bridgehead atoms. The van der Waals surface area contributed by atoms with Crippen LogP contribution in [0.4, 0.5) is 0 Å². The van der Waals surface area contributed by atoms with E-state index in [2.05, 4.69) is 9.97 Å². The Kier molecular flexibility index (Phi) is 5.10. The quantitative estimate of drug-likeness (QED) is 0.643. The van der Waals surface area contributed by atoms with Gasteiger partial charge in [-0.1, -0.05) is 48.5 Å². The van der Waals surface area contributed by atoms with E-state index in [-0.39, 0.29) is 17.8 Å². The molecule has 1 atom stereocenters. The lowest BCUT2D eigenvalue weighted by Gasteiger charge is -2.18. The zero-order chi connectivity index (χ0) is 19.3. The molecule has 140 valence electrons. The van der Waals surface area contributed by atoms with Gasteiger partial charge in [0.25, 0.3) is 5.91 Å². The van der Waals surface area contributed by atoms with Gasteiger partial charge in [-0.25, -0.2) is 9.97 Å². The summed E-state index contributed by atoms with van der Waals surface area (Å²) in [5, 5.41) is 0. The van der Waals surface area contributed by atoms with Crippen molar-refractivity contribution in [3.05, 3.63) is 89.9 Å². The molecule has 1 aliphatic rings. The van der Waals surface area contributed by atoms with Crippen LogP contribution < -0.4 is 4.74 Å². The van der Waals surface area contributed by atoms with Gasteiger partial charge in [-0.3, -0.25) is 9.59 Å². The van der Waals surface area contributed by atoms with Crippen LogP contribution in [0.2, 0.25) is 0 Å². The number of ether oxygens (including phenoxy) is 1. The van der Waals surface area contributed by atoms with Crippen LogP contribution in [-0.4, -0.2) is 45.8 Å². The van der Waals surface area contributed by atoms with Crippen LogP contribution in [0.1, 0.15) is 32.7 Å². The Hall–Kier alpha value is -3.54. The molecule has 1 fully saturated rings. The fourth-order valence-corrected chi connectivity index (χ4v) is 3.31. The van der Waals surface area contributed by atoms with Crippen LogP contribution in [-0.2, 0) is 0 Å². The second kappa shape index (κ2) is 8.00. The summed E-state index contributed by atoms with van der Waals surface area (Å²) in [7, 11) is 0. The van der Waals surface area contributed by atoms with E-state index in [0.717, 1.165) is 0 Å². The molecule has 6 nitrogen and oxygen atoms in total. The molecule has 2 heterocycles. The number of aromatic nitrogens is 2. The number of carbonyl (C=O) groups is 2. The van der Waals surface area contributed by atoms with Gasteiger partial charge in [0.05, 0.1) is 12.1 Å². The fourth-order valence-electron chi connectivity index (χ4n) is 3.31. The summed E-state index contributed by atoms with van der Waals surface area (Å²) in [6.45, 7) is 1.03. The van der Waals surface area contributed by atoms with Gasteiger partial charge in [0, 0.05) is 36.4 Å². The summed E-state index contributed by atoms with van der Waals surface area (Å²) >= 11 is 0. The Morgan fingerprint density at radius 2 is 1.71 bits per heavy atom. The molecule has 4 rings (SSSR count). The third kappa shape index (κ3) is 3.76. The van der Waals surface area contributed by atoms with Crippen LogP contribution in [0.15, 0.2) is 73.2 Å². The molecule has 0 radical (unpaired) electrons. The number of hydrogen-bond acceptors (Lipinski definition) is 5. The molecule has 1 aliphatic heterocycles. The van der Waals surface area contributed by atoms with E-state index in [4.69, 9.17) is 4.74 Å². The molecule has 0 N–H and O–H groups in total. The molecule has 6 heteroatoms. The van der Waals surface area contributed by atoms with Crippen molar-refractivity contribution >= 4 is 11.7 Å². The van der Waals surface area contributed by atoms with Crippen molar-refractivity contribution in [1.82, 2.24) is 14.9 Å². The van der Waals surface area contributed by atoms with E-state index < -0.39 is 0 Å². The van der Waals surface area contributed by atoms with Crippen LogP contribution >= 0.6 is 0 Å². The van der Waals surface area contributed by atoms with Crippen molar-refractivity contribution in [1.29, 1.82) is 0 Å². The van der Waals surface area contributed by atoms with Crippen LogP contribution in [0, 0.1) is 0 Å². The smallest absolute Gasteiger partial charge is 0.254 e. The molecule has 0 spiro atoms. The summed E-state index contributed by atoms with van der Waals surface area (Å²) in [5.41, 5.74) is 1.40. The van der Waals surface area contributed by atoms with Crippen LogP contribution in [0.3, 0.4) is 0 Å². The summed E-state index contributed by atoms with van der Waals surface area (Å²) in [5.74, 6) is 0.181. The topological polar surface area (TPSA) is 72.4 Å². The van der Waals surface area contributed by atoms with E-state index in [0.29, 0.717) is 42.1 Å². The first kappa shape index (κ1) is 17.9. The molecule has 3 aromatic rings. The predicted octanol–water partition coefficient (Wildman–Crippen LogP) is 3.00. The molecule has 0 saturated carbocycles. The van der Waals surface area contributed by atoms with Gasteiger partial charge in [-0.15, -0.1) is 0 Å². The van der Waals surface area contributed by atoms with Gasteiger partial charge in [0.15, 0.2) is 5.78 Å². The average Bonchev–Trinajstić information content (AvgIpc) is 3.22. The molecule has 28 heavy (non-hydrogen) atoms. The van der Waals surface area contributed by atoms with Gasteiger partial charge in [0.1, 0.15) is 12.4 Å². The summed E-state index contributed by atoms with van der Waals surface area (Å²) in [4.78, 5) is 35.6. The lowest BCUT2D eigenvalue weighted by atomic mass is 9.97. The summed E-state index contributed by atoms with van der Waals surface area (Å²) < 4.78 is 5.83. The molecule has 1 aromatic heterocycles. The lowest BCUT2D eigenvalue weighted by Crippen LogP contribution is -2.32. The highest BCUT2D eigenvalue weighted by molar-refractivity contribution is 6.15. The Morgan fingerprint density at radius 1 is 0.964 bits per heavy atom. The maximum atomic E-state index is 13.1. The maximum Gasteiger partial charge on any atom is 0.254 e. The molecular weight excluding hydrogens is 354 g/mol. The monoisotopic (exact) mass is 373 g/mol. The molecule has 1 saturated heterocycles. The Balaban J connectivity index is 1.51. The number of amides is 1. The summed E-state index contributed by atoms with van der Waals surface area (Å²) in [6, 6.07) is 17.6. The molecule has 0 aliphatic carbocycles. The first-order valence-electron chi connectivity index (χ1n) is 9.13. The van der Waals surface area contributed by atoms with Gasteiger partial charge in [-0.2, -0.15) is 0 Å². The van der Waals surface area contributed by atoms with Crippen molar-refractivity contribution in [3.63, 3.8) is 0 Å². The number of benzene rings is 2. The van der Waals surface area contributed by atoms with E-state index in [1.54, 1.807) is 53.6 Å². The van der Waals surface area contributed by atoms with Crippen molar-refractivity contribution in [3.8, 4) is 5.88 Å². The van der Waals surface area contributed by atoms with Crippen LogP contribution in [0.25, 0.3) is 0 Å². The average molecular weight is 373 g/mol. The minimum Gasteiger partial charge on any atom is -0.472 e. The number of carbonyl (C=O) groups excluding carboxylic acids is 2. The van der Waals surface area contributed by atoms with Gasteiger partial charge in [0.2, 0.25) is 5.88 Å².